The van der Waals surface area contributed by atoms with E-state index in [2.05, 4.69) is 0 Å². The van der Waals surface area contributed by atoms with Gasteiger partial charge < -0.3 is 45.0 Å². The summed E-state index contributed by atoms with van der Waals surface area (Å²) in [4.78, 5) is 31.5. The molecule has 17 heavy (non-hydrogen) atoms. The Hall–Kier alpha value is -0.420. The maximum Gasteiger partial charge on any atom is 0.466 e. The molecule has 0 rings (SSSR count). The molecule has 0 saturated carbocycles. The number of aldehydes is 1. The van der Waals surface area contributed by atoms with Gasteiger partial charge in [-0.1, -0.05) is 0 Å². The highest BCUT2D eigenvalue weighted by Gasteiger charge is 2.29. The Kier molecular flexibility index (Phi) is 9.62. The largest absolute Gasteiger partial charge is 0.466 e. The lowest BCUT2D eigenvalue weighted by Gasteiger charge is -2.22. The molecular weight excluding hydrogens is 263 g/mol. The summed E-state index contributed by atoms with van der Waals surface area (Å²) < 4.78 is 8.88. The topological polar surface area (TPSA) is 196 Å². The van der Waals surface area contributed by atoms with Crippen LogP contribution >= 0.6 is 7.82 Å². The fourth-order valence-electron chi connectivity index (χ4n) is 0.618. The second-order valence-corrected chi connectivity index (χ2v) is 3.90. The number of rotatable bonds is 5. The van der Waals surface area contributed by atoms with Crippen LogP contribution in [0, 0.1) is 0 Å². The Morgan fingerprint density at radius 1 is 1.00 bits per heavy atom. The van der Waals surface area contributed by atoms with Gasteiger partial charge in [0.25, 0.3) is 0 Å². The van der Waals surface area contributed by atoms with E-state index in [-0.39, 0.29) is 6.29 Å². The van der Waals surface area contributed by atoms with Crippen molar-refractivity contribution in [2.45, 2.75) is 24.4 Å². The molecule has 0 aromatic carbocycles. The Morgan fingerprint density at radius 3 is 1.59 bits per heavy atom. The molecule has 0 aromatic rings. The van der Waals surface area contributed by atoms with Crippen LogP contribution < -0.4 is 0 Å². The van der Waals surface area contributed by atoms with E-state index in [0.29, 0.717) is 0 Å². The fourth-order valence-corrected chi connectivity index (χ4v) is 0.618. The lowest BCUT2D eigenvalue weighted by atomic mass is 10.0. The van der Waals surface area contributed by atoms with Crippen LogP contribution in [-0.4, -0.2) is 77.5 Å². The molecule has 0 spiro atoms. The molecule has 0 radical (unpaired) electrons. The van der Waals surface area contributed by atoms with Crippen LogP contribution in [0.1, 0.15) is 0 Å². The molecule has 8 N–H and O–H groups in total. The first-order valence-electron chi connectivity index (χ1n) is 4.11. The summed E-state index contributed by atoms with van der Waals surface area (Å²) in [6.07, 6.45) is -6.84. The van der Waals surface area contributed by atoms with Crippen molar-refractivity contribution in [3.63, 3.8) is 0 Å². The molecule has 0 saturated heterocycles. The summed E-state index contributed by atoms with van der Waals surface area (Å²) in [5, 5.41) is 43.5. The van der Waals surface area contributed by atoms with E-state index in [1.807, 2.05) is 0 Å². The molecule has 0 aliphatic heterocycles. The molecule has 10 nitrogen and oxygen atoms in total. The van der Waals surface area contributed by atoms with Crippen molar-refractivity contribution in [3.8, 4) is 0 Å². The first-order chi connectivity index (χ1) is 7.54. The zero-order valence-corrected chi connectivity index (χ0v) is 9.33. The van der Waals surface area contributed by atoms with Crippen molar-refractivity contribution in [2.75, 3.05) is 6.61 Å². The Morgan fingerprint density at radius 2 is 1.35 bits per heavy atom. The van der Waals surface area contributed by atoms with Gasteiger partial charge in [-0.25, -0.2) is 4.57 Å². The number of carbonyl (C=O) groups is 1. The van der Waals surface area contributed by atoms with Crippen LogP contribution in [0.5, 0.6) is 0 Å². The molecule has 0 unspecified atom stereocenters. The van der Waals surface area contributed by atoms with Gasteiger partial charge in [0, 0.05) is 0 Å². The van der Waals surface area contributed by atoms with Crippen molar-refractivity contribution in [2.24, 2.45) is 0 Å². The molecule has 0 amide bonds. The van der Waals surface area contributed by atoms with Gasteiger partial charge in [-0.05, 0) is 0 Å². The van der Waals surface area contributed by atoms with Gasteiger partial charge in [-0.3, -0.25) is 0 Å². The number of phosphoric acid groups is 1. The minimum absolute atomic E-state index is 0.0258. The van der Waals surface area contributed by atoms with Crippen molar-refractivity contribution in [1.82, 2.24) is 0 Å². The molecule has 0 fully saturated rings. The van der Waals surface area contributed by atoms with Crippen LogP contribution in [0.2, 0.25) is 0 Å². The van der Waals surface area contributed by atoms with E-state index in [9.17, 15) is 4.79 Å². The van der Waals surface area contributed by atoms with Gasteiger partial charge in [0.1, 0.15) is 24.4 Å². The molecule has 11 heteroatoms. The molecule has 104 valence electrons. The van der Waals surface area contributed by atoms with Crippen LogP contribution in [-0.2, 0) is 9.36 Å². The van der Waals surface area contributed by atoms with Gasteiger partial charge in [0.2, 0.25) is 0 Å². The molecular formula is C6H15O10P. The second kappa shape index (κ2) is 8.64. The van der Waals surface area contributed by atoms with E-state index < -0.39 is 38.8 Å². The van der Waals surface area contributed by atoms with Crippen molar-refractivity contribution in [1.29, 1.82) is 0 Å². The summed E-state index contributed by atoms with van der Waals surface area (Å²) in [6, 6.07) is 0. The summed E-state index contributed by atoms with van der Waals surface area (Å²) in [5.41, 5.74) is 0. The maximum atomic E-state index is 9.90. The Bertz CT molecular complexity index is 243. The standard InChI is InChI=1S/C6H12O6.H3O4P/c7-1-3(9)5(11)6(12)4(10)2-8;1-5(2,3)4/h1,3-6,8-12H,2H2;(H3,1,2,3,4)/t3-,4-,5-,6-;/m1./s1. The van der Waals surface area contributed by atoms with E-state index in [0.717, 1.165) is 0 Å². The van der Waals surface area contributed by atoms with Crippen LogP contribution in [0.4, 0.5) is 0 Å². The van der Waals surface area contributed by atoms with E-state index in [1.54, 1.807) is 0 Å². The average molecular weight is 278 g/mol. The van der Waals surface area contributed by atoms with E-state index in [1.165, 1.54) is 0 Å². The fraction of sp³-hybridized carbons (Fsp3) is 0.833. The minimum Gasteiger partial charge on any atom is -0.394 e. The predicted octanol–water partition coefficient (Wildman–Crippen LogP) is -4.31. The molecule has 0 aliphatic carbocycles. The molecule has 0 aliphatic rings. The van der Waals surface area contributed by atoms with Crippen molar-refractivity contribution >= 4 is 14.1 Å². The van der Waals surface area contributed by atoms with Crippen molar-refractivity contribution < 1.29 is 49.6 Å². The monoisotopic (exact) mass is 278 g/mol. The third-order valence-electron chi connectivity index (χ3n) is 1.42. The Balaban J connectivity index is 0. The lowest BCUT2D eigenvalue weighted by Crippen LogP contribution is -2.46. The molecule has 4 atom stereocenters. The zero-order chi connectivity index (χ0) is 14.2. The lowest BCUT2D eigenvalue weighted by molar-refractivity contribution is -0.136. The van der Waals surface area contributed by atoms with Gasteiger partial charge in [0.15, 0.2) is 6.29 Å². The van der Waals surface area contributed by atoms with Crippen LogP contribution in [0.25, 0.3) is 0 Å². The first kappa shape index (κ1) is 18.9. The summed E-state index contributed by atoms with van der Waals surface area (Å²) in [5.74, 6) is 0. The molecule has 0 heterocycles. The van der Waals surface area contributed by atoms with E-state index in [4.69, 9.17) is 44.8 Å². The third-order valence-corrected chi connectivity index (χ3v) is 1.42. The number of aliphatic hydroxyl groups excluding tert-OH is 5. The van der Waals surface area contributed by atoms with E-state index >= 15 is 0 Å². The predicted molar refractivity (Wildman–Crippen MR) is 51.4 cm³/mol. The van der Waals surface area contributed by atoms with Crippen LogP contribution in [0.3, 0.4) is 0 Å². The quantitative estimate of drug-likeness (QED) is 0.180. The number of carbonyl (C=O) groups excluding carboxylic acids is 1. The summed E-state index contributed by atoms with van der Waals surface area (Å²) in [7, 11) is -4.64. The number of hydrogen-bond donors (Lipinski definition) is 8. The molecule has 0 aromatic heterocycles. The summed E-state index contributed by atoms with van der Waals surface area (Å²) in [6.45, 7) is -0.760. The van der Waals surface area contributed by atoms with Gasteiger partial charge in [0.05, 0.1) is 6.61 Å². The molecule has 0 bridgehead atoms. The zero-order valence-electron chi connectivity index (χ0n) is 8.44. The number of hydrogen-bond acceptors (Lipinski definition) is 7. The van der Waals surface area contributed by atoms with Gasteiger partial charge in [-0.2, -0.15) is 0 Å². The maximum absolute atomic E-state index is 9.90. The van der Waals surface area contributed by atoms with Crippen molar-refractivity contribution in [3.05, 3.63) is 0 Å². The normalized spacial score (nSPS) is 18.4. The number of aliphatic hydroxyl groups is 5. The first-order valence-corrected chi connectivity index (χ1v) is 5.67. The van der Waals surface area contributed by atoms with Gasteiger partial charge in [-0.15, -0.1) is 0 Å². The average Bonchev–Trinajstić information content (AvgIpc) is 2.22. The third kappa shape index (κ3) is 11.8. The highest BCUT2D eigenvalue weighted by atomic mass is 31.2. The SMILES string of the molecule is O=C[C@@H](O)[C@@H](O)[C@H](O)[C@H](O)CO.O=P(O)(O)O. The van der Waals surface area contributed by atoms with Gasteiger partial charge >= 0.3 is 7.82 Å². The smallest absolute Gasteiger partial charge is 0.394 e. The highest BCUT2D eigenvalue weighted by molar-refractivity contribution is 7.45. The summed E-state index contributed by atoms with van der Waals surface area (Å²) >= 11 is 0. The highest BCUT2D eigenvalue weighted by Crippen LogP contribution is 2.25. The van der Waals surface area contributed by atoms with Crippen LogP contribution in [0.15, 0.2) is 0 Å². The minimum atomic E-state index is -4.64. The Labute approximate surface area is 95.6 Å². The second-order valence-electron chi connectivity index (χ2n) is 2.87.